The van der Waals surface area contributed by atoms with Gasteiger partial charge in [0.1, 0.15) is 0 Å². The van der Waals surface area contributed by atoms with Crippen LogP contribution in [0.25, 0.3) is 0 Å². The monoisotopic (exact) mass is 298 g/mol. The molecule has 0 amide bonds. The predicted molar refractivity (Wildman–Crippen MR) is 79.3 cm³/mol. The van der Waals surface area contributed by atoms with Crippen molar-refractivity contribution in [2.45, 2.75) is 31.3 Å². The molecule has 1 fully saturated rings. The third-order valence-corrected chi connectivity index (χ3v) is 5.16. The molecule has 2 unspecified atom stereocenters. The molecule has 0 bridgehead atoms. The Hall–Kier alpha value is -1.11. The second-order valence-corrected chi connectivity index (χ2v) is 6.80. The number of nitrogens with one attached hydrogen (secondary N) is 2. The van der Waals surface area contributed by atoms with E-state index in [2.05, 4.69) is 17.0 Å². The first kappa shape index (κ1) is 15.3. The summed E-state index contributed by atoms with van der Waals surface area (Å²) in [5, 5.41) is 3.33. The normalized spacial score (nSPS) is 22.9. The molecular formula is C14H22N2O3S. The van der Waals surface area contributed by atoms with E-state index in [1.165, 1.54) is 0 Å². The Kier molecular flexibility index (Phi) is 5.01. The fraction of sp³-hybridized carbons (Fsp3) is 0.571. The summed E-state index contributed by atoms with van der Waals surface area (Å²) >= 11 is 0. The van der Waals surface area contributed by atoms with Gasteiger partial charge in [0.05, 0.1) is 11.0 Å². The number of ether oxygens (including phenoxy) is 1. The molecule has 20 heavy (non-hydrogen) atoms. The molecule has 2 atom stereocenters. The minimum absolute atomic E-state index is 0.288. The lowest BCUT2D eigenvalue weighted by Crippen LogP contribution is -2.23. The highest BCUT2D eigenvalue weighted by Crippen LogP contribution is 2.21. The Bertz CT molecular complexity index is 528. The average Bonchev–Trinajstić information content (AvgIpc) is 2.82. The van der Waals surface area contributed by atoms with E-state index in [0.717, 1.165) is 25.3 Å². The molecule has 1 aliphatic rings. The average molecular weight is 298 g/mol. The van der Waals surface area contributed by atoms with Crippen molar-refractivity contribution in [2.75, 3.05) is 25.0 Å². The Morgan fingerprint density at radius 2 is 2.00 bits per heavy atom. The van der Waals surface area contributed by atoms with Gasteiger partial charge in [0.2, 0.25) is 10.0 Å². The van der Waals surface area contributed by atoms with Gasteiger partial charge in [-0.2, -0.15) is 0 Å². The summed E-state index contributed by atoms with van der Waals surface area (Å²) in [6.45, 7) is 5.92. The van der Waals surface area contributed by atoms with Gasteiger partial charge >= 0.3 is 0 Å². The van der Waals surface area contributed by atoms with Gasteiger partial charge in [-0.25, -0.2) is 13.1 Å². The molecule has 1 heterocycles. The molecule has 0 aliphatic carbocycles. The van der Waals surface area contributed by atoms with E-state index in [9.17, 15) is 8.42 Å². The van der Waals surface area contributed by atoms with Gasteiger partial charge in [-0.1, -0.05) is 6.92 Å². The van der Waals surface area contributed by atoms with Crippen LogP contribution in [-0.4, -0.2) is 34.2 Å². The number of anilines is 1. The predicted octanol–water partition coefficient (Wildman–Crippen LogP) is 1.82. The molecule has 0 spiro atoms. The molecule has 1 saturated heterocycles. The van der Waals surface area contributed by atoms with Crippen molar-refractivity contribution in [3.63, 3.8) is 0 Å². The summed E-state index contributed by atoms with van der Waals surface area (Å²) in [6.07, 6.45) is 1.36. The van der Waals surface area contributed by atoms with Crippen molar-refractivity contribution >= 4 is 15.7 Å². The van der Waals surface area contributed by atoms with Gasteiger partial charge in [0.15, 0.2) is 0 Å². The first-order chi connectivity index (χ1) is 9.53. The molecular weight excluding hydrogens is 276 g/mol. The smallest absolute Gasteiger partial charge is 0.240 e. The SMILES string of the molecule is CCNS(=O)(=O)c1ccc(NCC2CCOC2C)cc1. The largest absolute Gasteiger partial charge is 0.385 e. The molecule has 0 radical (unpaired) electrons. The second-order valence-electron chi connectivity index (χ2n) is 5.03. The topological polar surface area (TPSA) is 67.4 Å². The molecule has 6 heteroatoms. The summed E-state index contributed by atoms with van der Waals surface area (Å²) in [4.78, 5) is 0.294. The van der Waals surface area contributed by atoms with E-state index in [4.69, 9.17) is 4.74 Å². The highest BCUT2D eigenvalue weighted by Gasteiger charge is 2.23. The van der Waals surface area contributed by atoms with Crippen LogP contribution in [-0.2, 0) is 14.8 Å². The molecule has 0 aromatic heterocycles. The van der Waals surface area contributed by atoms with Crippen molar-refractivity contribution in [1.82, 2.24) is 4.72 Å². The van der Waals surface area contributed by atoms with E-state index < -0.39 is 10.0 Å². The maximum absolute atomic E-state index is 11.8. The first-order valence-electron chi connectivity index (χ1n) is 6.98. The van der Waals surface area contributed by atoms with Gasteiger partial charge < -0.3 is 10.1 Å². The molecule has 2 N–H and O–H groups in total. The van der Waals surface area contributed by atoms with E-state index in [-0.39, 0.29) is 6.10 Å². The van der Waals surface area contributed by atoms with Crippen molar-refractivity contribution in [2.24, 2.45) is 5.92 Å². The summed E-state index contributed by atoms with van der Waals surface area (Å²) in [6, 6.07) is 6.83. The second kappa shape index (κ2) is 6.56. The maximum Gasteiger partial charge on any atom is 0.240 e. The van der Waals surface area contributed by atoms with E-state index >= 15 is 0 Å². The van der Waals surface area contributed by atoms with Crippen LogP contribution < -0.4 is 10.0 Å². The van der Waals surface area contributed by atoms with Crippen LogP contribution in [0.2, 0.25) is 0 Å². The van der Waals surface area contributed by atoms with Gasteiger partial charge in [-0.3, -0.25) is 0 Å². The molecule has 1 aromatic rings. The van der Waals surface area contributed by atoms with Crippen LogP contribution in [0.1, 0.15) is 20.3 Å². The van der Waals surface area contributed by atoms with Crippen LogP contribution in [0, 0.1) is 5.92 Å². The lowest BCUT2D eigenvalue weighted by molar-refractivity contribution is 0.108. The highest BCUT2D eigenvalue weighted by atomic mass is 32.2. The van der Waals surface area contributed by atoms with Crippen LogP contribution in [0.3, 0.4) is 0 Å². The van der Waals surface area contributed by atoms with Crippen LogP contribution in [0.4, 0.5) is 5.69 Å². The Labute approximate surface area is 120 Å². The Morgan fingerprint density at radius 3 is 2.55 bits per heavy atom. The number of hydrogen-bond acceptors (Lipinski definition) is 4. The zero-order chi connectivity index (χ0) is 14.6. The fourth-order valence-electron chi connectivity index (χ4n) is 2.32. The standard InChI is InChI=1S/C14H22N2O3S/c1-3-16-20(17,18)14-6-4-13(5-7-14)15-10-12-8-9-19-11(12)2/h4-7,11-12,15-16H,3,8-10H2,1-2H3. The molecule has 112 valence electrons. The third-order valence-electron chi connectivity index (χ3n) is 3.60. The van der Waals surface area contributed by atoms with Gasteiger partial charge in [0.25, 0.3) is 0 Å². The molecule has 0 saturated carbocycles. The summed E-state index contributed by atoms with van der Waals surface area (Å²) < 4.78 is 31.6. The van der Waals surface area contributed by atoms with Crippen molar-refractivity contribution in [3.8, 4) is 0 Å². The Balaban J connectivity index is 1.95. The van der Waals surface area contributed by atoms with Crippen LogP contribution in [0.15, 0.2) is 29.2 Å². The van der Waals surface area contributed by atoms with Crippen molar-refractivity contribution < 1.29 is 13.2 Å². The number of sulfonamides is 1. The highest BCUT2D eigenvalue weighted by molar-refractivity contribution is 7.89. The van der Waals surface area contributed by atoms with Gasteiger partial charge in [0, 0.05) is 31.3 Å². The van der Waals surface area contributed by atoms with E-state index in [1.54, 1.807) is 31.2 Å². The van der Waals surface area contributed by atoms with Gasteiger partial charge in [-0.05, 0) is 37.6 Å². The van der Waals surface area contributed by atoms with Crippen molar-refractivity contribution in [3.05, 3.63) is 24.3 Å². The van der Waals surface area contributed by atoms with E-state index in [1.807, 2.05) is 0 Å². The quantitative estimate of drug-likeness (QED) is 0.840. The number of rotatable bonds is 6. The minimum atomic E-state index is -3.36. The summed E-state index contributed by atoms with van der Waals surface area (Å²) in [7, 11) is -3.36. The maximum atomic E-state index is 11.8. The third kappa shape index (κ3) is 3.71. The molecule has 1 aromatic carbocycles. The molecule has 5 nitrogen and oxygen atoms in total. The van der Waals surface area contributed by atoms with Crippen LogP contribution in [0.5, 0.6) is 0 Å². The zero-order valence-electron chi connectivity index (χ0n) is 11.9. The molecule has 1 aliphatic heterocycles. The fourth-order valence-corrected chi connectivity index (χ4v) is 3.36. The molecule has 2 rings (SSSR count). The number of hydrogen-bond donors (Lipinski definition) is 2. The minimum Gasteiger partial charge on any atom is -0.385 e. The summed E-state index contributed by atoms with van der Waals surface area (Å²) in [5.41, 5.74) is 0.930. The lowest BCUT2D eigenvalue weighted by Gasteiger charge is -2.15. The summed E-state index contributed by atoms with van der Waals surface area (Å²) in [5.74, 6) is 0.514. The number of benzene rings is 1. The van der Waals surface area contributed by atoms with Crippen LogP contribution >= 0.6 is 0 Å². The van der Waals surface area contributed by atoms with Crippen molar-refractivity contribution in [1.29, 1.82) is 0 Å². The first-order valence-corrected chi connectivity index (χ1v) is 8.46. The van der Waals surface area contributed by atoms with E-state index in [0.29, 0.717) is 17.4 Å². The zero-order valence-corrected chi connectivity index (χ0v) is 12.7. The Morgan fingerprint density at radius 1 is 1.30 bits per heavy atom. The lowest BCUT2D eigenvalue weighted by atomic mass is 10.0. The van der Waals surface area contributed by atoms with Gasteiger partial charge in [-0.15, -0.1) is 0 Å².